The number of nitrogens with zero attached hydrogens (tertiary/aromatic N) is 4. The van der Waals surface area contributed by atoms with E-state index in [-0.39, 0.29) is 17.4 Å². The van der Waals surface area contributed by atoms with Crippen LogP contribution in [0, 0.1) is 0 Å². The number of benzene rings is 1. The summed E-state index contributed by atoms with van der Waals surface area (Å²) < 4.78 is 37.7. The van der Waals surface area contributed by atoms with Crippen molar-refractivity contribution in [1.82, 2.24) is 25.5 Å². The van der Waals surface area contributed by atoms with Gasteiger partial charge in [0.15, 0.2) is 5.82 Å². The summed E-state index contributed by atoms with van der Waals surface area (Å²) in [5, 5.41) is 13.8. The highest BCUT2D eigenvalue weighted by molar-refractivity contribution is 5.94. The Balaban J connectivity index is 1.72. The number of carbonyl (C=O) groups excluding carboxylic acids is 1. The van der Waals surface area contributed by atoms with E-state index in [2.05, 4.69) is 20.6 Å². The van der Waals surface area contributed by atoms with Gasteiger partial charge in [-0.1, -0.05) is 5.21 Å². The van der Waals surface area contributed by atoms with E-state index in [1.807, 2.05) is 0 Å². The van der Waals surface area contributed by atoms with Crippen LogP contribution >= 0.6 is 0 Å². The first kappa shape index (κ1) is 15.4. The molecule has 2 heterocycles. The number of rotatable bonds is 2. The molecular weight excluding hydrogens is 311 g/mol. The Hall–Kier alpha value is -2.45. The second-order valence-electron chi connectivity index (χ2n) is 5.44. The third kappa shape index (κ3) is 3.33. The molecule has 0 bridgehead atoms. The number of nitrogens with one attached hydrogen (secondary N) is 1. The smallest absolute Gasteiger partial charge is 0.338 e. The van der Waals surface area contributed by atoms with Gasteiger partial charge in [-0.05, 0) is 37.1 Å². The van der Waals surface area contributed by atoms with Crippen molar-refractivity contribution in [2.75, 3.05) is 13.1 Å². The van der Waals surface area contributed by atoms with Crippen molar-refractivity contribution in [3.8, 4) is 0 Å². The van der Waals surface area contributed by atoms with Gasteiger partial charge in [-0.2, -0.15) is 18.4 Å². The van der Waals surface area contributed by atoms with E-state index >= 15 is 0 Å². The number of alkyl halides is 3. The molecule has 1 aromatic carbocycles. The van der Waals surface area contributed by atoms with Crippen molar-refractivity contribution in [2.24, 2.45) is 0 Å². The van der Waals surface area contributed by atoms with Crippen molar-refractivity contribution < 1.29 is 18.0 Å². The van der Waals surface area contributed by atoms with E-state index in [0.717, 1.165) is 25.0 Å². The summed E-state index contributed by atoms with van der Waals surface area (Å²) in [5.41, 5.74) is -0.524. The van der Waals surface area contributed by atoms with Gasteiger partial charge in [-0.15, -0.1) is 10.2 Å². The van der Waals surface area contributed by atoms with Gasteiger partial charge in [0, 0.05) is 24.6 Å². The zero-order valence-corrected chi connectivity index (χ0v) is 12.0. The van der Waals surface area contributed by atoms with Crippen LogP contribution in [0.5, 0.6) is 0 Å². The van der Waals surface area contributed by atoms with E-state index < -0.39 is 11.7 Å². The number of hydrogen-bond donors (Lipinski definition) is 1. The first-order valence-electron chi connectivity index (χ1n) is 7.15. The maximum atomic E-state index is 12.6. The molecule has 9 heteroatoms. The molecule has 1 aliphatic heterocycles. The van der Waals surface area contributed by atoms with Crippen LogP contribution < -0.4 is 0 Å². The lowest BCUT2D eigenvalue weighted by Gasteiger charge is -2.31. The number of tetrazole rings is 1. The maximum absolute atomic E-state index is 12.6. The molecule has 1 aromatic heterocycles. The second kappa shape index (κ2) is 5.98. The normalized spacial score (nSPS) is 18.9. The van der Waals surface area contributed by atoms with Crippen LogP contribution in [0.1, 0.15) is 40.5 Å². The van der Waals surface area contributed by atoms with E-state index in [4.69, 9.17) is 0 Å². The van der Waals surface area contributed by atoms with Crippen molar-refractivity contribution in [3.05, 3.63) is 41.2 Å². The molecule has 1 saturated heterocycles. The van der Waals surface area contributed by atoms with Gasteiger partial charge in [-0.25, -0.2) is 0 Å². The highest BCUT2D eigenvalue weighted by Crippen LogP contribution is 2.30. The van der Waals surface area contributed by atoms with Crippen LogP contribution in [-0.4, -0.2) is 44.5 Å². The zero-order chi connectivity index (χ0) is 16.4. The third-order valence-corrected chi connectivity index (χ3v) is 3.89. The van der Waals surface area contributed by atoms with Gasteiger partial charge in [0.2, 0.25) is 0 Å². The number of carbonyl (C=O) groups is 1. The predicted molar refractivity (Wildman–Crippen MR) is 73.5 cm³/mol. The molecule has 6 nitrogen and oxygen atoms in total. The summed E-state index contributed by atoms with van der Waals surface area (Å²) in [6.45, 7) is 0.994. The summed E-state index contributed by atoms with van der Waals surface area (Å²) in [5.74, 6) is 0.253. The molecule has 3 rings (SSSR count). The summed E-state index contributed by atoms with van der Waals surface area (Å²) in [6, 6.07) is 4.27. The Morgan fingerprint density at radius 2 is 2.00 bits per heavy atom. The standard InChI is InChI=1S/C14H14F3N5O/c15-14(16,17)11-5-3-9(4-6-11)13(23)22-7-1-2-10(8-22)12-18-20-21-19-12/h3-6,10H,1-2,7-8H2,(H,18,19,20,21). The molecule has 0 saturated carbocycles. The minimum atomic E-state index is -4.41. The first-order chi connectivity index (χ1) is 10.9. The quantitative estimate of drug-likeness (QED) is 0.919. The summed E-state index contributed by atoms with van der Waals surface area (Å²) >= 11 is 0. The van der Waals surface area contributed by atoms with Crippen LogP contribution in [0.2, 0.25) is 0 Å². The fourth-order valence-corrected chi connectivity index (χ4v) is 2.70. The topological polar surface area (TPSA) is 74.8 Å². The number of likely N-dealkylation sites (tertiary alicyclic amines) is 1. The molecule has 0 radical (unpaired) electrons. The molecular formula is C14H14F3N5O. The zero-order valence-electron chi connectivity index (χ0n) is 12.0. The van der Waals surface area contributed by atoms with Gasteiger partial charge in [0.1, 0.15) is 0 Å². The largest absolute Gasteiger partial charge is 0.416 e. The van der Waals surface area contributed by atoms with Crippen LogP contribution in [0.25, 0.3) is 0 Å². The molecule has 0 spiro atoms. The lowest BCUT2D eigenvalue weighted by Crippen LogP contribution is -2.39. The average molecular weight is 325 g/mol. The Morgan fingerprint density at radius 1 is 1.26 bits per heavy atom. The minimum Gasteiger partial charge on any atom is -0.338 e. The first-order valence-corrected chi connectivity index (χ1v) is 7.15. The number of H-pyrrole nitrogens is 1. The molecule has 122 valence electrons. The summed E-state index contributed by atoms with van der Waals surface area (Å²) in [7, 11) is 0. The molecule has 1 N–H and O–H groups in total. The fourth-order valence-electron chi connectivity index (χ4n) is 2.70. The van der Waals surface area contributed by atoms with Gasteiger partial charge < -0.3 is 4.90 Å². The van der Waals surface area contributed by atoms with E-state index in [0.29, 0.717) is 18.9 Å². The summed E-state index contributed by atoms with van der Waals surface area (Å²) in [6.07, 6.45) is -2.78. The number of aromatic nitrogens is 4. The third-order valence-electron chi connectivity index (χ3n) is 3.89. The van der Waals surface area contributed by atoms with Gasteiger partial charge in [0.25, 0.3) is 5.91 Å². The highest BCUT2D eigenvalue weighted by atomic mass is 19.4. The van der Waals surface area contributed by atoms with Gasteiger partial charge >= 0.3 is 6.18 Å². The molecule has 1 amide bonds. The van der Waals surface area contributed by atoms with E-state index in [9.17, 15) is 18.0 Å². The van der Waals surface area contributed by atoms with Crippen LogP contribution in [0.3, 0.4) is 0 Å². The number of halogens is 3. The predicted octanol–water partition coefficient (Wildman–Crippen LogP) is 2.24. The minimum absolute atomic E-state index is 0.0131. The van der Waals surface area contributed by atoms with Crippen molar-refractivity contribution in [3.63, 3.8) is 0 Å². The van der Waals surface area contributed by atoms with E-state index in [1.54, 1.807) is 4.90 Å². The average Bonchev–Trinajstić information content (AvgIpc) is 3.08. The molecule has 1 aliphatic rings. The van der Waals surface area contributed by atoms with Crippen molar-refractivity contribution >= 4 is 5.91 Å². The van der Waals surface area contributed by atoms with Crippen molar-refractivity contribution in [2.45, 2.75) is 24.9 Å². The monoisotopic (exact) mass is 325 g/mol. The highest BCUT2D eigenvalue weighted by Gasteiger charge is 2.31. The van der Waals surface area contributed by atoms with Gasteiger partial charge in [0.05, 0.1) is 5.56 Å². The number of hydrogen-bond acceptors (Lipinski definition) is 4. The second-order valence-corrected chi connectivity index (χ2v) is 5.44. The SMILES string of the molecule is O=C(c1ccc(C(F)(F)F)cc1)N1CCCC(c2nn[nH]n2)C1. The molecule has 0 aliphatic carbocycles. The number of aromatic amines is 1. The van der Waals surface area contributed by atoms with Crippen LogP contribution in [-0.2, 0) is 6.18 Å². The Morgan fingerprint density at radius 3 is 2.61 bits per heavy atom. The van der Waals surface area contributed by atoms with E-state index in [1.165, 1.54) is 12.1 Å². The van der Waals surface area contributed by atoms with Crippen LogP contribution in [0.4, 0.5) is 13.2 Å². The molecule has 23 heavy (non-hydrogen) atoms. The van der Waals surface area contributed by atoms with Crippen LogP contribution in [0.15, 0.2) is 24.3 Å². The van der Waals surface area contributed by atoms with Gasteiger partial charge in [-0.3, -0.25) is 4.79 Å². The molecule has 2 aromatic rings. The molecule has 1 fully saturated rings. The number of amides is 1. The Bertz CT molecular complexity index is 669. The summed E-state index contributed by atoms with van der Waals surface area (Å²) in [4.78, 5) is 14.1. The maximum Gasteiger partial charge on any atom is 0.416 e. The lowest BCUT2D eigenvalue weighted by atomic mass is 9.96. The molecule has 1 unspecified atom stereocenters. The lowest BCUT2D eigenvalue weighted by molar-refractivity contribution is -0.137. The Kier molecular flexibility index (Phi) is 4.01. The van der Waals surface area contributed by atoms with Crippen molar-refractivity contribution in [1.29, 1.82) is 0 Å². The number of piperidine rings is 1. The molecule has 1 atom stereocenters. The Labute approximate surface area is 129 Å². The fraction of sp³-hybridized carbons (Fsp3) is 0.429.